The van der Waals surface area contributed by atoms with Gasteiger partial charge in [-0.25, -0.2) is 4.79 Å². The maximum Gasteiger partial charge on any atom is 0.331 e. The number of nitrogens with zero attached hydrogens (tertiary/aromatic N) is 1. The molecule has 1 aromatic heterocycles. The predicted molar refractivity (Wildman–Crippen MR) is 106 cm³/mol. The van der Waals surface area contributed by atoms with Gasteiger partial charge in [0.1, 0.15) is 18.0 Å². The van der Waals surface area contributed by atoms with Gasteiger partial charge in [-0.05, 0) is 47.9 Å². The van der Waals surface area contributed by atoms with E-state index < -0.39 is 18.2 Å². The summed E-state index contributed by atoms with van der Waals surface area (Å²) in [5.41, 5.74) is 3.40. The zero-order chi connectivity index (χ0) is 20.2. The summed E-state index contributed by atoms with van der Waals surface area (Å²) in [7, 11) is 0. The lowest BCUT2D eigenvalue weighted by Crippen LogP contribution is -2.51. The molecule has 3 unspecified atom stereocenters. The van der Waals surface area contributed by atoms with Gasteiger partial charge in [-0.2, -0.15) is 0 Å². The average molecular weight is 407 g/mol. The van der Waals surface area contributed by atoms with Crippen molar-refractivity contribution in [3.05, 3.63) is 65.1 Å². The van der Waals surface area contributed by atoms with Gasteiger partial charge in [-0.1, -0.05) is 11.6 Å². The minimum Gasteiger partial charge on any atom is -0.465 e. The van der Waals surface area contributed by atoms with E-state index in [4.69, 9.17) is 18.6 Å². The number of hydrogen-bond acceptors (Lipinski definition) is 7. The largest absolute Gasteiger partial charge is 0.465 e. The first kappa shape index (κ1) is 17.8. The van der Waals surface area contributed by atoms with Crippen LogP contribution in [0.15, 0.2) is 52.7 Å². The number of aliphatic hydroxyl groups excluding tert-OH is 1. The Morgan fingerprint density at radius 1 is 1.27 bits per heavy atom. The van der Waals surface area contributed by atoms with Crippen molar-refractivity contribution < 1.29 is 28.5 Å². The number of carbonyl (C=O) groups is 1. The Bertz CT molecular complexity index is 1060. The Balaban J connectivity index is 1.36. The van der Waals surface area contributed by atoms with Crippen molar-refractivity contribution in [3.63, 3.8) is 0 Å². The summed E-state index contributed by atoms with van der Waals surface area (Å²) in [6, 6.07) is 7.64. The van der Waals surface area contributed by atoms with Crippen LogP contribution in [0.4, 0.5) is 0 Å². The molecule has 0 bridgehead atoms. The van der Waals surface area contributed by atoms with Gasteiger partial charge in [0.15, 0.2) is 11.5 Å². The van der Waals surface area contributed by atoms with Gasteiger partial charge >= 0.3 is 5.97 Å². The van der Waals surface area contributed by atoms with Crippen LogP contribution in [0.5, 0.6) is 11.5 Å². The first-order chi connectivity index (χ1) is 14.7. The molecule has 6 rings (SSSR count). The summed E-state index contributed by atoms with van der Waals surface area (Å²) in [6.07, 6.45) is 5.67. The maximum absolute atomic E-state index is 12.6. The SMILES string of the molecule is O=C(/C=C/c1ccco1)O[C@@H]1C(O)C=C2CCN3Cc4cc5c(cc4C1C23)OCO5. The normalized spacial score (nSPS) is 28.9. The van der Waals surface area contributed by atoms with E-state index in [1.54, 1.807) is 24.5 Å². The van der Waals surface area contributed by atoms with Crippen molar-refractivity contribution in [2.75, 3.05) is 13.3 Å². The fourth-order valence-corrected chi connectivity index (χ4v) is 5.18. The van der Waals surface area contributed by atoms with Gasteiger partial charge in [0.05, 0.1) is 6.26 Å². The van der Waals surface area contributed by atoms with Crippen LogP contribution in [0.1, 0.15) is 29.2 Å². The number of hydrogen-bond donors (Lipinski definition) is 1. The molecule has 0 saturated carbocycles. The lowest BCUT2D eigenvalue weighted by atomic mass is 9.73. The molecule has 0 amide bonds. The third-order valence-corrected chi connectivity index (χ3v) is 6.42. The van der Waals surface area contributed by atoms with E-state index in [0.29, 0.717) is 11.5 Å². The second-order valence-electron chi connectivity index (χ2n) is 8.08. The maximum atomic E-state index is 12.6. The molecule has 154 valence electrons. The zero-order valence-electron chi connectivity index (χ0n) is 16.2. The molecule has 1 N–H and O–H groups in total. The first-order valence-corrected chi connectivity index (χ1v) is 10.1. The summed E-state index contributed by atoms with van der Waals surface area (Å²) in [5, 5.41) is 10.9. The van der Waals surface area contributed by atoms with Crippen molar-refractivity contribution >= 4 is 12.0 Å². The number of aliphatic hydroxyl groups is 1. The molecule has 4 aliphatic rings. The Morgan fingerprint density at radius 2 is 2.13 bits per heavy atom. The van der Waals surface area contributed by atoms with Crippen LogP contribution in [0.3, 0.4) is 0 Å². The average Bonchev–Trinajstić information content (AvgIpc) is 3.48. The molecule has 2 aromatic rings. The second-order valence-corrected chi connectivity index (χ2v) is 8.08. The lowest BCUT2D eigenvalue weighted by Gasteiger charge is -2.45. The first-order valence-electron chi connectivity index (χ1n) is 10.1. The van der Waals surface area contributed by atoms with Gasteiger partial charge in [0.2, 0.25) is 6.79 Å². The molecule has 0 spiro atoms. The highest BCUT2D eigenvalue weighted by molar-refractivity contribution is 5.86. The molecule has 7 heteroatoms. The lowest BCUT2D eigenvalue weighted by molar-refractivity contribution is -0.150. The van der Waals surface area contributed by atoms with Crippen molar-refractivity contribution in [1.82, 2.24) is 4.90 Å². The number of furan rings is 1. The third kappa shape index (κ3) is 2.77. The molecular formula is C23H21NO6. The highest BCUT2D eigenvalue weighted by Crippen LogP contribution is 2.50. The van der Waals surface area contributed by atoms with E-state index in [0.717, 1.165) is 36.4 Å². The second kappa shape index (κ2) is 6.75. The quantitative estimate of drug-likeness (QED) is 0.476. The summed E-state index contributed by atoms with van der Waals surface area (Å²) in [6.45, 7) is 1.94. The van der Waals surface area contributed by atoms with E-state index in [-0.39, 0.29) is 18.8 Å². The van der Waals surface area contributed by atoms with Crippen LogP contribution in [0.2, 0.25) is 0 Å². The molecule has 1 aliphatic carbocycles. The van der Waals surface area contributed by atoms with E-state index in [9.17, 15) is 9.90 Å². The summed E-state index contributed by atoms with van der Waals surface area (Å²) in [4.78, 5) is 15.0. The Kier molecular flexibility index (Phi) is 4.01. The van der Waals surface area contributed by atoms with Gasteiger partial charge in [0.25, 0.3) is 0 Å². The van der Waals surface area contributed by atoms with E-state index in [1.165, 1.54) is 11.6 Å². The van der Waals surface area contributed by atoms with E-state index >= 15 is 0 Å². The molecule has 3 aliphatic heterocycles. The number of fused-ring (bicyclic) bond motifs is 3. The standard InChI is InChI=1S/C23H21NO6/c25-17-8-13-5-6-24-11-14-9-18-19(29-12-28-18)10-16(14)21(22(13)24)23(17)30-20(26)4-3-15-2-1-7-27-15/h1-4,7-10,17,21-23,25H,5-6,11-12H2/b4-3+/t17?,21?,22?,23-/m1/s1. The van der Waals surface area contributed by atoms with Crippen LogP contribution >= 0.6 is 0 Å². The van der Waals surface area contributed by atoms with Crippen LogP contribution in [-0.4, -0.2) is 47.6 Å². The number of benzene rings is 1. The highest BCUT2D eigenvalue weighted by Gasteiger charge is 2.50. The van der Waals surface area contributed by atoms with Crippen LogP contribution in [0.25, 0.3) is 6.08 Å². The Morgan fingerprint density at radius 3 is 2.97 bits per heavy atom. The molecule has 4 heterocycles. The van der Waals surface area contributed by atoms with Crippen LogP contribution in [-0.2, 0) is 16.1 Å². The van der Waals surface area contributed by atoms with Gasteiger partial charge in [-0.15, -0.1) is 0 Å². The molecule has 1 fully saturated rings. The summed E-state index contributed by atoms with van der Waals surface area (Å²) in [5.74, 6) is 1.34. The Hall–Kier alpha value is -3.03. The number of carbonyl (C=O) groups excluding carboxylic acids is 1. The molecule has 1 saturated heterocycles. The van der Waals surface area contributed by atoms with Gasteiger partial charge in [0, 0.05) is 31.1 Å². The van der Waals surface area contributed by atoms with E-state index in [2.05, 4.69) is 4.90 Å². The fourth-order valence-electron chi connectivity index (χ4n) is 5.18. The van der Waals surface area contributed by atoms with Crippen molar-refractivity contribution in [3.8, 4) is 11.5 Å². The topological polar surface area (TPSA) is 81.4 Å². The van der Waals surface area contributed by atoms with Gasteiger partial charge in [-0.3, -0.25) is 4.90 Å². The van der Waals surface area contributed by atoms with Crippen LogP contribution in [0, 0.1) is 0 Å². The van der Waals surface area contributed by atoms with E-state index in [1.807, 2.05) is 18.2 Å². The molecule has 0 radical (unpaired) electrons. The van der Waals surface area contributed by atoms with Crippen LogP contribution < -0.4 is 9.47 Å². The van der Waals surface area contributed by atoms with Gasteiger partial charge < -0.3 is 23.7 Å². The number of rotatable bonds is 3. The Labute approximate surface area is 173 Å². The van der Waals surface area contributed by atoms with Crippen molar-refractivity contribution in [1.29, 1.82) is 0 Å². The number of esters is 1. The minimum atomic E-state index is -0.862. The molecule has 1 aromatic carbocycles. The third-order valence-electron chi connectivity index (χ3n) is 6.42. The molecule has 7 nitrogen and oxygen atoms in total. The molecule has 30 heavy (non-hydrogen) atoms. The highest BCUT2D eigenvalue weighted by atomic mass is 16.7. The molecule has 4 atom stereocenters. The van der Waals surface area contributed by atoms with Crippen molar-refractivity contribution in [2.45, 2.75) is 37.1 Å². The number of ether oxygens (including phenoxy) is 3. The summed E-state index contributed by atoms with van der Waals surface area (Å²) >= 11 is 0. The predicted octanol–water partition coefficient (Wildman–Crippen LogP) is 2.61. The molecular weight excluding hydrogens is 386 g/mol. The zero-order valence-corrected chi connectivity index (χ0v) is 16.2. The summed E-state index contributed by atoms with van der Waals surface area (Å²) < 4.78 is 22.2. The fraction of sp³-hybridized carbons (Fsp3) is 0.348. The smallest absolute Gasteiger partial charge is 0.331 e. The monoisotopic (exact) mass is 407 g/mol. The van der Waals surface area contributed by atoms with Crippen molar-refractivity contribution in [2.24, 2.45) is 0 Å². The minimum absolute atomic E-state index is 0.119.